The van der Waals surface area contributed by atoms with Crippen molar-refractivity contribution in [3.05, 3.63) is 33.9 Å². The van der Waals surface area contributed by atoms with Crippen LogP contribution in [0.4, 0.5) is 5.69 Å². The number of aliphatic hydroxyl groups is 2. The van der Waals surface area contributed by atoms with Crippen LogP contribution in [0.25, 0.3) is 0 Å². The molecule has 0 amide bonds. The van der Waals surface area contributed by atoms with Gasteiger partial charge >= 0.3 is 0 Å². The highest BCUT2D eigenvalue weighted by atomic mass is 16.6. The van der Waals surface area contributed by atoms with Crippen LogP contribution in [0, 0.1) is 10.1 Å². The Morgan fingerprint density at radius 2 is 2.05 bits per heavy atom. The van der Waals surface area contributed by atoms with Crippen LogP contribution in [-0.4, -0.2) is 27.3 Å². The van der Waals surface area contributed by atoms with E-state index < -0.39 is 16.6 Å². The quantitative estimate of drug-likeness (QED) is 0.643. The lowest BCUT2D eigenvalue weighted by molar-refractivity contribution is -0.385. The van der Waals surface area contributed by atoms with Crippen molar-refractivity contribution in [2.75, 3.05) is 6.61 Å². The van der Waals surface area contributed by atoms with Crippen molar-refractivity contribution in [2.45, 2.75) is 50.7 Å². The summed E-state index contributed by atoms with van der Waals surface area (Å²) in [5, 5.41) is 30.9. The van der Waals surface area contributed by atoms with Gasteiger partial charge in [0.1, 0.15) is 12.4 Å². The van der Waals surface area contributed by atoms with Crippen molar-refractivity contribution >= 4 is 5.69 Å². The fraction of sp³-hybridized carbons (Fsp3) is 0.600. The Morgan fingerprint density at radius 1 is 1.38 bits per heavy atom. The largest absolute Gasteiger partial charge is 0.490 e. The number of benzene rings is 1. The van der Waals surface area contributed by atoms with E-state index in [1.54, 1.807) is 0 Å². The van der Waals surface area contributed by atoms with Crippen molar-refractivity contribution in [1.82, 2.24) is 0 Å². The molecule has 0 aromatic heterocycles. The lowest BCUT2D eigenvalue weighted by atomic mass is 9.85. The first-order valence-electron chi connectivity index (χ1n) is 7.23. The van der Waals surface area contributed by atoms with Crippen molar-refractivity contribution in [3.8, 4) is 5.75 Å². The molecule has 0 aliphatic heterocycles. The van der Waals surface area contributed by atoms with Crippen LogP contribution >= 0.6 is 0 Å². The molecule has 0 radical (unpaired) electrons. The molecule has 2 rings (SSSR count). The average Bonchev–Trinajstić information content (AvgIpc) is 2.45. The zero-order chi connectivity index (χ0) is 15.5. The molecule has 116 valence electrons. The van der Waals surface area contributed by atoms with Crippen LogP contribution in [0.15, 0.2) is 18.2 Å². The second kappa shape index (κ2) is 6.41. The number of aliphatic hydroxyl groups excluding tert-OH is 1. The molecule has 0 spiro atoms. The smallest absolute Gasteiger partial charge is 0.270 e. The fourth-order valence-electron chi connectivity index (χ4n) is 2.67. The summed E-state index contributed by atoms with van der Waals surface area (Å²) >= 11 is 0. The Hall–Kier alpha value is -1.66. The third-order valence-electron chi connectivity index (χ3n) is 3.93. The van der Waals surface area contributed by atoms with E-state index in [9.17, 15) is 20.3 Å². The van der Waals surface area contributed by atoms with Gasteiger partial charge in [-0.2, -0.15) is 0 Å². The van der Waals surface area contributed by atoms with Crippen molar-refractivity contribution in [3.63, 3.8) is 0 Å². The summed E-state index contributed by atoms with van der Waals surface area (Å²) in [4.78, 5) is 10.3. The molecule has 0 bridgehead atoms. The SMILES string of the molecule is CC(O)c1cc([N+](=O)[O-])ccc1OCC1(O)CCCCC1. The summed E-state index contributed by atoms with van der Waals surface area (Å²) < 4.78 is 5.64. The predicted octanol–water partition coefficient (Wildman–Crippen LogP) is 2.72. The van der Waals surface area contributed by atoms with E-state index in [1.807, 2.05) is 0 Å². The highest BCUT2D eigenvalue weighted by Gasteiger charge is 2.30. The second-order valence-electron chi connectivity index (χ2n) is 5.73. The molecule has 1 aliphatic carbocycles. The van der Waals surface area contributed by atoms with E-state index in [0.717, 1.165) is 19.3 Å². The van der Waals surface area contributed by atoms with Gasteiger partial charge in [0.15, 0.2) is 0 Å². The molecule has 0 saturated heterocycles. The highest BCUT2D eigenvalue weighted by molar-refractivity contribution is 5.44. The number of non-ortho nitro benzene ring substituents is 1. The van der Waals surface area contributed by atoms with Gasteiger partial charge in [-0.3, -0.25) is 10.1 Å². The molecule has 1 aromatic carbocycles. The van der Waals surface area contributed by atoms with Gasteiger partial charge in [0.2, 0.25) is 0 Å². The molecular formula is C15H21NO5. The molecule has 0 heterocycles. The zero-order valence-electron chi connectivity index (χ0n) is 12.1. The fourth-order valence-corrected chi connectivity index (χ4v) is 2.67. The molecule has 1 saturated carbocycles. The van der Waals surface area contributed by atoms with Gasteiger partial charge in [0.25, 0.3) is 5.69 Å². The van der Waals surface area contributed by atoms with Crippen molar-refractivity contribution in [1.29, 1.82) is 0 Å². The van der Waals surface area contributed by atoms with Gasteiger partial charge in [-0.1, -0.05) is 19.3 Å². The van der Waals surface area contributed by atoms with Gasteiger partial charge in [-0.15, -0.1) is 0 Å². The number of hydrogen-bond acceptors (Lipinski definition) is 5. The first-order valence-corrected chi connectivity index (χ1v) is 7.23. The lowest BCUT2D eigenvalue weighted by Gasteiger charge is -2.32. The molecule has 6 nitrogen and oxygen atoms in total. The number of hydrogen-bond donors (Lipinski definition) is 2. The third-order valence-corrected chi connectivity index (χ3v) is 3.93. The van der Waals surface area contributed by atoms with Gasteiger partial charge in [0, 0.05) is 17.7 Å². The molecule has 1 aromatic rings. The highest BCUT2D eigenvalue weighted by Crippen LogP contribution is 2.32. The van der Waals surface area contributed by atoms with E-state index >= 15 is 0 Å². The Labute approximate surface area is 123 Å². The second-order valence-corrected chi connectivity index (χ2v) is 5.73. The molecule has 1 atom stereocenters. The summed E-state index contributed by atoms with van der Waals surface area (Å²) in [5.41, 5.74) is -0.561. The molecule has 2 N–H and O–H groups in total. The maximum absolute atomic E-state index is 10.8. The Kier molecular flexibility index (Phi) is 4.80. The summed E-state index contributed by atoms with van der Waals surface area (Å²) in [6.07, 6.45) is 3.60. The van der Waals surface area contributed by atoms with E-state index in [0.29, 0.717) is 24.2 Å². The van der Waals surface area contributed by atoms with E-state index in [2.05, 4.69) is 0 Å². The van der Waals surface area contributed by atoms with Crippen LogP contribution in [0.1, 0.15) is 50.7 Å². The summed E-state index contributed by atoms with van der Waals surface area (Å²) in [6.45, 7) is 1.67. The van der Waals surface area contributed by atoms with E-state index in [1.165, 1.54) is 25.1 Å². The number of nitrogens with zero attached hydrogens (tertiary/aromatic N) is 1. The summed E-state index contributed by atoms with van der Waals surface area (Å²) in [6, 6.07) is 4.13. The molecule has 6 heteroatoms. The Morgan fingerprint density at radius 3 is 2.62 bits per heavy atom. The minimum Gasteiger partial charge on any atom is -0.490 e. The Balaban J connectivity index is 2.13. The van der Waals surface area contributed by atoms with E-state index in [-0.39, 0.29) is 12.3 Å². The first kappa shape index (κ1) is 15.7. The van der Waals surface area contributed by atoms with Crippen LogP contribution in [0.2, 0.25) is 0 Å². The first-order chi connectivity index (χ1) is 9.91. The number of ether oxygens (including phenoxy) is 1. The number of rotatable bonds is 5. The van der Waals surface area contributed by atoms with Gasteiger partial charge < -0.3 is 14.9 Å². The topological polar surface area (TPSA) is 92.8 Å². The van der Waals surface area contributed by atoms with E-state index in [4.69, 9.17) is 4.74 Å². The molecule has 21 heavy (non-hydrogen) atoms. The lowest BCUT2D eigenvalue weighted by Crippen LogP contribution is -2.38. The summed E-state index contributed by atoms with van der Waals surface area (Å²) in [5.74, 6) is 0.384. The maximum atomic E-state index is 10.8. The Bertz CT molecular complexity index is 509. The van der Waals surface area contributed by atoms with Gasteiger partial charge in [0.05, 0.1) is 16.6 Å². The minimum absolute atomic E-state index is 0.0883. The van der Waals surface area contributed by atoms with Gasteiger partial charge in [-0.05, 0) is 25.8 Å². The normalized spacial score (nSPS) is 19.0. The number of nitro groups is 1. The zero-order valence-corrected chi connectivity index (χ0v) is 12.1. The summed E-state index contributed by atoms with van der Waals surface area (Å²) in [7, 11) is 0. The van der Waals surface area contributed by atoms with Crippen LogP contribution < -0.4 is 4.74 Å². The maximum Gasteiger partial charge on any atom is 0.270 e. The third kappa shape index (κ3) is 3.92. The monoisotopic (exact) mass is 295 g/mol. The molecule has 1 fully saturated rings. The average molecular weight is 295 g/mol. The van der Waals surface area contributed by atoms with Crippen molar-refractivity contribution in [2.24, 2.45) is 0 Å². The van der Waals surface area contributed by atoms with Crippen LogP contribution in [0.5, 0.6) is 5.75 Å². The molecule has 1 aliphatic rings. The molecule has 1 unspecified atom stereocenters. The van der Waals surface area contributed by atoms with Gasteiger partial charge in [-0.25, -0.2) is 0 Å². The minimum atomic E-state index is -0.874. The predicted molar refractivity (Wildman–Crippen MR) is 77.3 cm³/mol. The van der Waals surface area contributed by atoms with Crippen LogP contribution in [-0.2, 0) is 0 Å². The van der Waals surface area contributed by atoms with Crippen molar-refractivity contribution < 1.29 is 19.9 Å². The molecular weight excluding hydrogens is 274 g/mol. The number of nitro benzene ring substituents is 1. The van der Waals surface area contributed by atoms with Crippen LogP contribution in [0.3, 0.4) is 0 Å². The standard InChI is InChI=1S/C15H21NO5/c1-11(17)13-9-12(16(19)20)5-6-14(13)21-10-15(18)7-3-2-4-8-15/h5-6,9,11,17-18H,2-4,7-8,10H2,1H3.